The number of hydrogen-bond acceptors (Lipinski definition) is 4. The second kappa shape index (κ2) is 8.87. The smallest absolute Gasteiger partial charge is 0.263 e. The first-order chi connectivity index (χ1) is 15.1. The molecule has 31 heavy (non-hydrogen) atoms. The third-order valence-corrected chi connectivity index (χ3v) is 5.30. The Bertz CT molecular complexity index is 1300. The van der Waals surface area contributed by atoms with Crippen molar-refractivity contribution in [2.45, 2.75) is 26.3 Å². The highest BCUT2D eigenvalue weighted by Crippen LogP contribution is 2.30. The standard InChI is InChI=1S/C24H26N6O/c1-4-21(28-23-17(2)25-15-27-29(3)16-26-23)20-14-19-12-8-9-13-30(19)24(31)22(20)18-10-6-5-7-11-18/h5-16,21,28H,4H2,1-3H3,(H,25,27). The SMILES string of the molecule is CCC(Nc1ncn(C)[nH]cnc1C)c1cc2ccccn2c(=O)c1-c1ccccc1. The molecule has 0 bridgehead atoms. The minimum absolute atomic E-state index is 0.0339. The van der Waals surface area contributed by atoms with Crippen molar-refractivity contribution in [2.24, 2.45) is 7.05 Å². The molecular formula is C24H26N6O. The van der Waals surface area contributed by atoms with Crippen LogP contribution in [0.5, 0.6) is 0 Å². The van der Waals surface area contributed by atoms with Crippen LogP contribution in [0.1, 0.15) is 30.6 Å². The van der Waals surface area contributed by atoms with E-state index in [4.69, 9.17) is 0 Å². The van der Waals surface area contributed by atoms with E-state index in [2.05, 4.69) is 33.4 Å². The molecule has 2 N–H and O–H groups in total. The first-order valence-corrected chi connectivity index (χ1v) is 10.3. The topological polar surface area (TPSA) is 80.0 Å². The number of H-pyrrole nitrogens is 1. The van der Waals surface area contributed by atoms with Crippen molar-refractivity contribution >= 4 is 11.3 Å². The van der Waals surface area contributed by atoms with Gasteiger partial charge in [0.2, 0.25) is 0 Å². The van der Waals surface area contributed by atoms with Crippen molar-refractivity contribution in [1.29, 1.82) is 0 Å². The van der Waals surface area contributed by atoms with Crippen molar-refractivity contribution < 1.29 is 0 Å². The fourth-order valence-corrected chi connectivity index (χ4v) is 3.66. The molecule has 3 aromatic heterocycles. The normalized spacial score (nSPS) is 11.8. The number of hydrogen-bond donors (Lipinski definition) is 2. The van der Waals surface area contributed by atoms with Crippen LogP contribution in [-0.2, 0) is 7.05 Å². The Hall–Kier alpha value is -3.87. The van der Waals surface area contributed by atoms with Gasteiger partial charge < -0.3 is 5.32 Å². The second-order valence-corrected chi connectivity index (χ2v) is 7.42. The Balaban J connectivity index is 1.92. The fraction of sp³-hybridized carbons (Fsp3) is 0.208. The van der Waals surface area contributed by atoms with Crippen LogP contribution in [0.25, 0.3) is 16.6 Å². The fourth-order valence-electron chi connectivity index (χ4n) is 3.66. The van der Waals surface area contributed by atoms with Gasteiger partial charge in [0.15, 0.2) is 0 Å². The van der Waals surface area contributed by atoms with Crippen molar-refractivity contribution in [1.82, 2.24) is 24.1 Å². The number of fused-ring (bicyclic) bond motifs is 1. The van der Waals surface area contributed by atoms with Gasteiger partial charge in [-0.15, -0.1) is 0 Å². The predicted octanol–water partition coefficient (Wildman–Crippen LogP) is 4.42. The lowest BCUT2D eigenvalue weighted by molar-refractivity contribution is 0.704. The number of anilines is 1. The first-order valence-electron chi connectivity index (χ1n) is 10.3. The maximum absolute atomic E-state index is 13.5. The molecule has 0 fully saturated rings. The number of rotatable bonds is 5. The van der Waals surface area contributed by atoms with Gasteiger partial charge in [0.25, 0.3) is 5.56 Å². The molecule has 0 saturated carbocycles. The highest BCUT2D eigenvalue weighted by molar-refractivity contribution is 5.71. The lowest BCUT2D eigenvalue weighted by Gasteiger charge is -2.22. The summed E-state index contributed by atoms with van der Waals surface area (Å²) in [6.45, 7) is 4.00. The number of aromatic nitrogens is 5. The van der Waals surface area contributed by atoms with Crippen molar-refractivity contribution in [2.75, 3.05) is 5.32 Å². The molecule has 4 aromatic rings. The molecule has 0 saturated heterocycles. The third-order valence-electron chi connectivity index (χ3n) is 5.30. The van der Waals surface area contributed by atoms with E-state index < -0.39 is 0 Å². The van der Waals surface area contributed by atoms with E-state index >= 15 is 0 Å². The Morgan fingerprint density at radius 2 is 1.87 bits per heavy atom. The van der Waals surface area contributed by atoms with E-state index in [1.54, 1.807) is 21.7 Å². The zero-order valence-corrected chi connectivity index (χ0v) is 17.9. The zero-order valence-electron chi connectivity index (χ0n) is 17.9. The van der Waals surface area contributed by atoms with Crippen LogP contribution in [-0.4, -0.2) is 24.1 Å². The van der Waals surface area contributed by atoms with E-state index in [1.807, 2.05) is 68.7 Å². The van der Waals surface area contributed by atoms with Gasteiger partial charge >= 0.3 is 0 Å². The Kier molecular flexibility index (Phi) is 5.84. The van der Waals surface area contributed by atoms with Gasteiger partial charge in [-0.1, -0.05) is 43.3 Å². The molecule has 1 atom stereocenters. The van der Waals surface area contributed by atoms with Gasteiger partial charge in [-0.25, -0.2) is 9.97 Å². The van der Waals surface area contributed by atoms with E-state index in [1.165, 1.54) is 0 Å². The molecule has 4 rings (SSSR count). The van der Waals surface area contributed by atoms with Crippen LogP contribution in [0.3, 0.4) is 0 Å². The van der Waals surface area contributed by atoms with E-state index in [9.17, 15) is 4.79 Å². The molecule has 1 aromatic carbocycles. The van der Waals surface area contributed by atoms with Crippen LogP contribution in [0.2, 0.25) is 0 Å². The summed E-state index contributed by atoms with van der Waals surface area (Å²) < 4.78 is 3.42. The number of aryl methyl sites for hydroxylation is 2. The van der Waals surface area contributed by atoms with Gasteiger partial charge in [0, 0.05) is 18.8 Å². The van der Waals surface area contributed by atoms with Crippen LogP contribution in [0, 0.1) is 6.92 Å². The zero-order chi connectivity index (χ0) is 21.8. The summed E-state index contributed by atoms with van der Waals surface area (Å²) in [6.07, 6.45) is 5.90. The minimum Gasteiger partial charge on any atom is -0.362 e. The van der Waals surface area contributed by atoms with Gasteiger partial charge in [-0.3, -0.25) is 19.0 Å². The molecule has 0 aliphatic heterocycles. The number of benzene rings is 1. The summed E-state index contributed by atoms with van der Waals surface area (Å²) in [7, 11) is 1.85. The van der Waals surface area contributed by atoms with Crippen molar-refractivity contribution in [3.8, 4) is 11.1 Å². The van der Waals surface area contributed by atoms with Gasteiger partial charge in [-0.05, 0) is 42.7 Å². The summed E-state index contributed by atoms with van der Waals surface area (Å²) in [6, 6.07) is 17.6. The monoisotopic (exact) mass is 414 g/mol. The number of nitrogens with zero attached hydrogens (tertiary/aromatic N) is 4. The molecular weight excluding hydrogens is 388 g/mol. The van der Waals surface area contributed by atoms with Crippen LogP contribution < -0.4 is 10.9 Å². The summed E-state index contributed by atoms with van der Waals surface area (Å²) in [5.74, 6) is 0.670. The maximum atomic E-state index is 13.5. The average Bonchev–Trinajstić information content (AvgIpc) is 2.79. The largest absolute Gasteiger partial charge is 0.362 e. The highest BCUT2D eigenvalue weighted by atomic mass is 16.1. The van der Waals surface area contributed by atoms with Crippen LogP contribution in [0.15, 0.2) is 78.2 Å². The molecule has 7 heteroatoms. The molecule has 0 aliphatic rings. The maximum Gasteiger partial charge on any atom is 0.263 e. The predicted molar refractivity (Wildman–Crippen MR) is 123 cm³/mol. The molecule has 3 heterocycles. The van der Waals surface area contributed by atoms with Gasteiger partial charge in [0.1, 0.15) is 18.5 Å². The van der Waals surface area contributed by atoms with Crippen LogP contribution >= 0.6 is 0 Å². The minimum atomic E-state index is -0.122. The Morgan fingerprint density at radius 1 is 1.10 bits per heavy atom. The average molecular weight is 415 g/mol. The lowest BCUT2D eigenvalue weighted by atomic mass is 9.94. The quantitative estimate of drug-likeness (QED) is 0.507. The lowest BCUT2D eigenvalue weighted by Crippen LogP contribution is -2.22. The van der Waals surface area contributed by atoms with E-state index in [-0.39, 0.29) is 11.6 Å². The third kappa shape index (κ3) is 4.21. The van der Waals surface area contributed by atoms with E-state index in [0.29, 0.717) is 11.4 Å². The van der Waals surface area contributed by atoms with Crippen molar-refractivity contribution in [3.63, 3.8) is 0 Å². The summed E-state index contributed by atoms with van der Waals surface area (Å²) in [4.78, 5) is 22.5. The van der Waals surface area contributed by atoms with E-state index in [0.717, 1.165) is 28.8 Å². The second-order valence-electron chi connectivity index (χ2n) is 7.42. The van der Waals surface area contributed by atoms with Gasteiger partial charge in [-0.2, -0.15) is 0 Å². The molecule has 0 amide bonds. The van der Waals surface area contributed by atoms with Crippen molar-refractivity contribution in [3.05, 3.63) is 95.1 Å². The Labute approximate surface area is 180 Å². The van der Waals surface area contributed by atoms with Gasteiger partial charge in [0.05, 0.1) is 17.3 Å². The highest BCUT2D eigenvalue weighted by Gasteiger charge is 2.20. The molecule has 1 unspecified atom stereocenters. The molecule has 158 valence electrons. The molecule has 0 aliphatic carbocycles. The first kappa shape index (κ1) is 20.4. The molecule has 7 nitrogen and oxygen atoms in total. The number of pyridine rings is 2. The Morgan fingerprint density at radius 3 is 2.65 bits per heavy atom. The number of aromatic amines is 1. The summed E-state index contributed by atoms with van der Waals surface area (Å²) >= 11 is 0. The van der Waals surface area contributed by atoms with Crippen LogP contribution in [0.4, 0.5) is 5.82 Å². The summed E-state index contributed by atoms with van der Waals surface area (Å²) in [5.41, 5.74) is 4.12. The molecule has 0 spiro atoms. The molecule has 0 radical (unpaired) electrons. The summed E-state index contributed by atoms with van der Waals surface area (Å²) in [5, 5.41) is 6.51. The number of nitrogens with one attached hydrogen (secondary N) is 2.